The zero-order chi connectivity index (χ0) is 19.7. The molecule has 28 heavy (non-hydrogen) atoms. The molecule has 142 valence electrons. The van der Waals surface area contributed by atoms with Gasteiger partial charge in [-0.1, -0.05) is 17.7 Å². The quantitative estimate of drug-likeness (QED) is 0.459. The van der Waals surface area contributed by atoms with Gasteiger partial charge in [0.15, 0.2) is 5.65 Å². The lowest BCUT2D eigenvalue weighted by Gasteiger charge is -2.12. The van der Waals surface area contributed by atoms with Gasteiger partial charge in [0.05, 0.1) is 7.11 Å². The average molecular weight is 397 g/mol. The number of hydrogen-bond acceptors (Lipinski definition) is 4. The number of aryl methyl sites for hydroxylation is 2. The van der Waals surface area contributed by atoms with Crippen molar-refractivity contribution in [2.45, 2.75) is 19.8 Å². The highest BCUT2D eigenvalue weighted by Crippen LogP contribution is 2.29. The third-order valence-corrected chi connectivity index (χ3v) is 5.04. The first kappa shape index (κ1) is 18.4. The van der Waals surface area contributed by atoms with Gasteiger partial charge in [0.25, 0.3) is 0 Å². The Balaban J connectivity index is 1.70. The molecule has 0 aliphatic carbocycles. The first-order valence-corrected chi connectivity index (χ1v) is 9.22. The molecule has 0 N–H and O–H groups in total. The summed E-state index contributed by atoms with van der Waals surface area (Å²) in [5, 5.41) is 8.80. The maximum atomic E-state index is 14.2. The van der Waals surface area contributed by atoms with Crippen LogP contribution in [0.2, 0.25) is 5.15 Å². The molecule has 3 aromatic heterocycles. The number of ether oxygens (including phenoxy) is 1. The van der Waals surface area contributed by atoms with E-state index in [-0.39, 0.29) is 5.82 Å². The lowest BCUT2D eigenvalue weighted by atomic mass is 10.0. The van der Waals surface area contributed by atoms with E-state index >= 15 is 0 Å². The van der Waals surface area contributed by atoms with Gasteiger partial charge >= 0.3 is 0 Å². The van der Waals surface area contributed by atoms with Crippen molar-refractivity contribution in [3.05, 3.63) is 76.7 Å². The van der Waals surface area contributed by atoms with E-state index in [9.17, 15) is 4.39 Å². The molecule has 0 amide bonds. The predicted molar refractivity (Wildman–Crippen MR) is 106 cm³/mol. The van der Waals surface area contributed by atoms with E-state index in [4.69, 9.17) is 16.3 Å². The van der Waals surface area contributed by atoms with E-state index in [0.717, 1.165) is 28.0 Å². The third kappa shape index (κ3) is 3.31. The fourth-order valence-electron chi connectivity index (χ4n) is 3.41. The zero-order valence-electron chi connectivity index (χ0n) is 15.5. The van der Waals surface area contributed by atoms with E-state index in [1.165, 1.54) is 6.07 Å². The Labute approximate surface area is 166 Å². The minimum Gasteiger partial charge on any atom is -0.496 e. The first-order valence-electron chi connectivity index (χ1n) is 8.84. The van der Waals surface area contributed by atoms with E-state index < -0.39 is 0 Å². The van der Waals surface area contributed by atoms with Crippen LogP contribution in [0.15, 0.2) is 48.9 Å². The van der Waals surface area contributed by atoms with Gasteiger partial charge in [-0.15, -0.1) is 10.2 Å². The highest BCUT2D eigenvalue weighted by atomic mass is 35.5. The van der Waals surface area contributed by atoms with Gasteiger partial charge in [-0.3, -0.25) is 4.40 Å². The number of nitrogens with zero attached hydrogens (tertiary/aromatic N) is 4. The van der Waals surface area contributed by atoms with E-state index in [1.807, 2.05) is 29.5 Å². The lowest BCUT2D eigenvalue weighted by molar-refractivity contribution is 0.404. The molecule has 0 atom stereocenters. The zero-order valence-corrected chi connectivity index (χ0v) is 16.2. The molecule has 0 aliphatic rings. The summed E-state index contributed by atoms with van der Waals surface area (Å²) >= 11 is 5.98. The summed E-state index contributed by atoms with van der Waals surface area (Å²) in [5.41, 5.74) is 5.15. The van der Waals surface area contributed by atoms with Gasteiger partial charge in [-0.05, 0) is 55.7 Å². The summed E-state index contributed by atoms with van der Waals surface area (Å²) < 4.78 is 21.5. The minimum absolute atomic E-state index is 0.265. The molecule has 0 aliphatic heterocycles. The fourth-order valence-corrected chi connectivity index (χ4v) is 3.62. The van der Waals surface area contributed by atoms with Gasteiger partial charge in [-0.2, -0.15) is 0 Å². The number of aromatic nitrogens is 4. The topological polar surface area (TPSA) is 52.3 Å². The Morgan fingerprint density at radius 3 is 2.79 bits per heavy atom. The number of rotatable bonds is 5. The largest absolute Gasteiger partial charge is 0.496 e. The van der Waals surface area contributed by atoms with Crippen molar-refractivity contribution >= 4 is 17.2 Å². The third-order valence-electron chi connectivity index (χ3n) is 4.84. The molecule has 1 aromatic carbocycles. The van der Waals surface area contributed by atoms with Crippen LogP contribution >= 0.6 is 11.6 Å². The molecule has 0 radical (unpaired) electrons. The van der Waals surface area contributed by atoms with Crippen molar-refractivity contribution in [3.8, 4) is 16.9 Å². The average Bonchev–Trinajstić information content (AvgIpc) is 3.17. The molecule has 5 nitrogen and oxygen atoms in total. The molecular formula is C21H18ClFN4O. The predicted octanol–water partition coefficient (Wildman–Crippen LogP) is 4.69. The maximum absolute atomic E-state index is 14.2. The molecule has 4 aromatic rings. The number of halogens is 2. The van der Waals surface area contributed by atoms with Crippen molar-refractivity contribution in [2.24, 2.45) is 0 Å². The Morgan fingerprint density at radius 2 is 2.00 bits per heavy atom. The molecule has 0 saturated heterocycles. The van der Waals surface area contributed by atoms with Crippen LogP contribution in [0, 0.1) is 12.7 Å². The van der Waals surface area contributed by atoms with Gasteiger partial charge in [0, 0.05) is 28.6 Å². The van der Waals surface area contributed by atoms with Crippen LogP contribution in [-0.2, 0) is 12.8 Å². The highest BCUT2D eigenvalue weighted by molar-refractivity contribution is 6.29. The molecule has 3 heterocycles. The lowest BCUT2D eigenvalue weighted by Crippen LogP contribution is -2.03. The maximum Gasteiger partial charge on any atom is 0.168 e. The van der Waals surface area contributed by atoms with Crippen LogP contribution in [-0.4, -0.2) is 26.7 Å². The standard InChI is InChI=1S/C21H18ClFN4O/c1-13-10-20(22)24-11-17(13)15-8-6-14(27-12-25-26-21(15)27)7-9-16-18(23)4-3-5-19(16)28-2/h3-6,8,10-12H,7,9H2,1-2H3. The molecule has 0 fully saturated rings. The Morgan fingerprint density at radius 1 is 1.14 bits per heavy atom. The van der Waals surface area contributed by atoms with Crippen LogP contribution in [0.3, 0.4) is 0 Å². The molecule has 0 bridgehead atoms. The van der Waals surface area contributed by atoms with Gasteiger partial charge in [0.1, 0.15) is 23.0 Å². The monoisotopic (exact) mass is 396 g/mol. The Kier molecular flexibility index (Phi) is 4.96. The summed E-state index contributed by atoms with van der Waals surface area (Å²) in [6.07, 6.45) is 4.53. The SMILES string of the molecule is COc1cccc(F)c1CCc1ccc(-c2cnc(Cl)cc2C)c2nncn12. The van der Waals surface area contributed by atoms with Crippen LogP contribution in [0.25, 0.3) is 16.8 Å². The summed E-state index contributed by atoms with van der Waals surface area (Å²) in [7, 11) is 1.55. The van der Waals surface area contributed by atoms with E-state index in [0.29, 0.717) is 29.3 Å². The van der Waals surface area contributed by atoms with Crippen LogP contribution in [0.4, 0.5) is 4.39 Å². The minimum atomic E-state index is -0.265. The van der Waals surface area contributed by atoms with Crippen LogP contribution < -0.4 is 4.74 Å². The number of benzene rings is 1. The fraction of sp³-hybridized carbons (Fsp3) is 0.190. The smallest absolute Gasteiger partial charge is 0.168 e. The number of pyridine rings is 2. The summed E-state index contributed by atoms with van der Waals surface area (Å²) in [4.78, 5) is 4.19. The van der Waals surface area contributed by atoms with Gasteiger partial charge < -0.3 is 4.74 Å². The molecule has 0 unspecified atom stereocenters. The number of fused-ring (bicyclic) bond motifs is 1. The van der Waals surface area contributed by atoms with Crippen molar-refractivity contribution in [3.63, 3.8) is 0 Å². The van der Waals surface area contributed by atoms with Gasteiger partial charge in [0.2, 0.25) is 0 Å². The number of hydrogen-bond donors (Lipinski definition) is 0. The molecule has 7 heteroatoms. The Bertz CT molecular complexity index is 1160. The summed E-state index contributed by atoms with van der Waals surface area (Å²) in [6, 6.07) is 10.7. The molecule has 0 saturated carbocycles. The summed E-state index contributed by atoms with van der Waals surface area (Å²) in [5.74, 6) is 0.290. The van der Waals surface area contributed by atoms with Crippen LogP contribution in [0.1, 0.15) is 16.8 Å². The second-order valence-corrected chi connectivity index (χ2v) is 6.89. The highest BCUT2D eigenvalue weighted by Gasteiger charge is 2.14. The van der Waals surface area contributed by atoms with E-state index in [1.54, 1.807) is 31.8 Å². The van der Waals surface area contributed by atoms with Crippen molar-refractivity contribution in [1.82, 2.24) is 19.6 Å². The second kappa shape index (κ2) is 7.56. The molecule has 4 rings (SSSR count). The summed E-state index contributed by atoms with van der Waals surface area (Å²) in [6.45, 7) is 1.98. The Hall–Kier alpha value is -2.99. The van der Waals surface area contributed by atoms with Crippen molar-refractivity contribution < 1.29 is 9.13 Å². The van der Waals surface area contributed by atoms with Crippen molar-refractivity contribution in [2.75, 3.05) is 7.11 Å². The normalized spacial score (nSPS) is 11.1. The second-order valence-electron chi connectivity index (χ2n) is 6.51. The first-order chi connectivity index (χ1) is 13.6. The van der Waals surface area contributed by atoms with Gasteiger partial charge in [-0.25, -0.2) is 9.37 Å². The van der Waals surface area contributed by atoms with Crippen LogP contribution in [0.5, 0.6) is 5.75 Å². The molecule has 0 spiro atoms. The molecular weight excluding hydrogens is 379 g/mol. The number of methoxy groups -OCH3 is 1. The van der Waals surface area contributed by atoms with Crippen molar-refractivity contribution in [1.29, 1.82) is 0 Å². The van der Waals surface area contributed by atoms with E-state index in [2.05, 4.69) is 15.2 Å².